The maximum absolute atomic E-state index is 10.5. The van der Waals surface area contributed by atoms with E-state index in [0.29, 0.717) is 0 Å². The van der Waals surface area contributed by atoms with Gasteiger partial charge in [0.2, 0.25) is 0 Å². The monoisotopic (exact) mass is 182 g/mol. The van der Waals surface area contributed by atoms with E-state index in [2.05, 4.69) is 4.89 Å². The van der Waals surface area contributed by atoms with Crippen molar-refractivity contribution in [3.8, 4) is 0 Å². The number of benzene rings is 1. The average molecular weight is 182 g/mol. The number of carbonyl (C=O) groups is 1. The standard InChI is InChI=1S/C9H10O4/c1-6-4-7(9(10)11)2-3-8(6)5-13-12/h2-4,12H,5H2,1H3,(H,10,11). The molecule has 0 bridgehead atoms. The van der Waals surface area contributed by atoms with Crippen LogP contribution in [0.25, 0.3) is 0 Å². The zero-order valence-corrected chi connectivity index (χ0v) is 7.15. The van der Waals surface area contributed by atoms with Crippen molar-refractivity contribution in [1.82, 2.24) is 0 Å². The molecule has 4 nitrogen and oxygen atoms in total. The normalized spacial score (nSPS) is 10.0. The minimum Gasteiger partial charge on any atom is -0.478 e. The van der Waals surface area contributed by atoms with Gasteiger partial charge in [0.1, 0.15) is 6.61 Å². The van der Waals surface area contributed by atoms with Crippen LogP contribution in [0.15, 0.2) is 18.2 Å². The molecule has 0 aromatic heterocycles. The Labute approximate surface area is 75.3 Å². The number of aromatic carboxylic acids is 1. The lowest BCUT2D eigenvalue weighted by atomic mass is 10.1. The Morgan fingerprint density at radius 1 is 1.54 bits per heavy atom. The predicted molar refractivity (Wildman–Crippen MR) is 45.6 cm³/mol. The Morgan fingerprint density at radius 2 is 2.23 bits per heavy atom. The Morgan fingerprint density at radius 3 is 2.69 bits per heavy atom. The van der Waals surface area contributed by atoms with E-state index in [-0.39, 0.29) is 12.2 Å². The maximum atomic E-state index is 10.5. The number of carboxylic acids is 1. The highest BCUT2D eigenvalue weighted by molar-refractivity contribution is 5.87. The first-order chi connectivity index (χ1) is 6.15. The number of rotatable bonds is 3. The summed E-state index contributed by atoms with van der Waals surface area (Å²) >= 11 is 0. The summed E-state index contributed by atoms with van der Waals surface area (Å²) < 4.78 is 0. The van der Waals surface area contributed by atoms with E-state index in [1.54, 1.807) is 13.0 Å². The molecule has 0 amide bonds. The molecule has 0 fully saturated rings. The summed E-state index contributed by atoms with van der Waals surface area (Å²) in [7, 11) is 0. The second-order valence-corrected chi connectivity index (χ2v) is 2.72. The number of carboxylic acid groups (broad SMARTS) is 1. The minimum atomic E-state index is -0.959. The van der Waals surface area contributed by atoms with Crippen LogP contribution in [0, 0.1) is 6.92 Å². The van der Waals surface area contributed by atoms with Gasteiger partial charge in [-0.1, -0.05) is 6.07 Å². The molecule has 0 atom stereocenters. The molecule has 4 heteroatoms. The van der Waals surface area contributed by atoms with Gasteiger partial charge in [-0.3, -0.25) is 5.26 Å². The van der Waals surface area contributed by atoms with Gasteiger partial charge < -0.3 is 5.11 Å². The fourth-order valence-corrected chi connectivity index (χ4v) is 1.06. The van der Waals surface area contributed by atoms with E-state index >= 15 is 0 Å². The summed E-state index contributed by atoms with van der Waals surface area (Å²) in [5, 5.41) is 16.9. The van der Waals surface area contributed by atoms with Crippen LogP contribution in [0.2, 0.25) is 0 Å². The fraction of sp³-hybridized carbons (Fsp3) is 0.222. The van der Waals surface area contributed by atoms with Crippen molar-refractivity contribution in [2.45, 2.75) is 13.5 Å². The van der Waals surface area contributed by atoms with Gasteiger partial charge in [0.05, 0.1) is 5.56 Å². The van der Waals surface area contributed by atoms with Crippen LogP contribution in [0.1, 0.15) is 21.5 Å². The first-order valence-corrected chi connectivity index (χ1v) is 3.74. The second-order valence-electron chi connectivity index (χ2n) is 2.72. The van der Waals surface area contributed by atoms with Gasteiger partial charge in [-0.2, -0.15) is 0 Å². The number of hydrogen-bond acceptors (Lipinski definition) is 3. The summed E-state index contributed by atoms with van der Waals surface area (Å²) in [5.74, 6) is -0.959. The Kier molecular flexibility index (Phi) is 3.00. The van der Waals surface area contributed by atoms with E-state index in [1.807, 2.05) is 0 Å². The van der Waals surface area contributed by atoms with Crippen LogP contribution in [-0.2, 0) is 11.5 Å². The third-order valence-electron chi connectivity index (χ3n) is 1.81. The lowest BCUT2D eigenvalue weighted by Gasteiger charge is -2.03. The van der Waals surface area contributed by atoms with Crippen LogP contribution in [0.4, 0.5) is 0 Å². The van der Waals surface area contributed by atoms with Crippen molar-refractivity contribution in [1.29, 1.82) is 0 Å². The quantitative estimate of drug-likeness (QED) is 0.551. The van der Waals surface area contributed by atoms with Crippen molar-refractivity contribution in [2.24, 2.45) is 0 Å². The molecule has 0 spiro atoms. The lowest BCUT2D eigenvalue weighted by molar-refractivity contribution is -0.253. The van der Waals surface area contributed by atoms with Crippen molar-refractivity contribution in [3.05, 3.63) is 34.9 Å². The highest BCUT2D eigenvalue weighted by atomic mass is 17.1. The van der Waals surface area contributed by atoms with Gasteiger partial charge in [-0.15, -0.1) is 0 Å². The third-order valence-corrected chi connectivity index (χ3v) is 1.81. The average Bonchev–Trinajstić information content (AvgIpc) is 2.08. The van der Waals surface area contributed by atoms with Crippen molar-refractivity contribution in [2.75, 3.05) is 0 Å². The Bertz CT molecular complexity index is 319. The van der Waals surface area contributed by atoms with Gasteiger partial charge in [-0.25, -0.2) is 9.68 Å². The van der Waals surface area contributed by atoms with Crippen LogP contribution < -0.4 is 0 Å². The highest BCUT2D eigenvalue weighted by Crippen LogP contribution is 2.11. The molecule has 0 aliphatic heterocycles. The molecule has 0 aliphatic rings. The SMILES string of the molecule is Cc1cc(C(=O)O)ccc1COO. The molecule has 0 aliphatic carbocycles. The number of hydrogen-bond donors (Lipinski definition) is 2. The topological polar surface area (TPSA) is 66.8 Å². The summed E-state index contributed by atoms with van der Waals surface area (Å²) in [6, 6.07) is 4.63. The summed E-state index contributed by atoms with van der Waals surface area (Å²) in [6.45, 7) is 1.84. The Hall–Kier alpha value is -1.39. The first kappa shape index (κ1) is 9.70. The molecule has 1 rings (SSSR count). The molecule has 0 saturated carbocycles. The first-order valence-electron chi connectivity index (χ1n) is 3.74. The zero-order valence-electron chi connectivity index (χ0n) is 7.15. The molecular formula is C9H10O4. The molecule has 13 heavy (non-hydrogen) atoms. The maximum Gasteiger partial charge on any atom is 0.335 e. The van der Waals surface area contributed by atoms with Gasteiger partial charge in [0.25, 0.3) is 0 Å². The van der Waals surface area contributed by atoms with Crippen LogP contribution in [0.3, 0.4) is 0 Å². The number of aryl methyl sites for hydroxylation is 1. The fourth-order valence-electron chi connectivity index (χ4n) is 1.06. The lowest BCUT2D eigenvalue weighted by Crippen LogP contribution is -1.99. The largest absolute Gasteiger partial charge is 0.478 e. The second kappa shape index (κ2) is 4.02. The molecular weight excluding hydrogens is 172 g/mol. The molecule has 0 heterocycles. The van der Waals surface area contributed by atoms with E-state index in [9.17, 15) is 4.79 Å². The van der Waals surface area contributed by atoms with E-state index < -0.39 is 5.97 Å². The zero-order chi connectivity index (χ0) is 9.84. The van der Waals surface area contributed by atoms with E-state index in [1.165, 1.54) is 12.1 Å². The molecule has 0 radical (unpaired) electrons. The Balaban J connectivity index is 2.98. The third kappa shape index (κ3) is 2.27. The van der Waals surface area contributed by atoms with Crippen LogP contribution >= 0.6 is 0 Å². The van der Waals surface area contributed by atoms with Crippen molar-refractivity contribution in [3.63, 3.8) is 0 Å². The van der Waals surface area contributed by atoms with Crippen LogP contribution in [-0.4, -0.2) is 16.3 Å². The van der Waals surface area contributed by atoms with Gasteiger partial charge in [0, 0.05) is 0 Å². The van der Waals surface area contributed by atoms with Crippen molar-refractivity contribution < 1.29 is 20.0 Å². The predicted octanol–water partition coefficient (Wildman–Crippen LogP) is 1.68. The van der Waals surface area contributed by atoms with Gasteiger partial charge in [0.15, 0.2) is 0 Å². The highest BCUT2D eigenvalue weighted by Gasteiger charge is 2.05. The smallest absolute Gasteiger partial charge is 0.335 e. The summed E-state index contributed by atoms with van der Waals surface area (Å²) in [5.41, 5.74) is 1.79. The van der Waals surface area contributed by atoms with Crippen LogP contribution in [0.5, 0.6) is 0 Å². The molecule has 0 unspecified atom stereocenters. The molecule has 0 saturated heterocycles. The van der Waals surface area contributed by atoms with Gasteiger partial charge >= 0.3 is 5.97 Å². The molecule has 1 aromatic carbocycles. The van der Waals surface area contributed by atoms with Crippen molar-refractivity contribution >= 4 is 5.97 Å². The summed E-state index contributed by atoms with van der Waals surface area (Å²) in [4.78, 5) is 14.5. The summed E-state index contributed by atoms with van der Waals surface area (Å²) in [6.07, 6.45) is 0. The van der Waals surface area contributed by atoms with E-state index in [4.69, 9.17) is 10.4 Å². The molecule has 1 aromatic rings. The minimum absolute atomic E-state index is 0.0751. The van der Waals surface area contributed by atoms with Gasteiger partial charge in [-0.05, 0) is 30.2 Å². The molecule has 2 N–H and O–H groups in total. The molecule has 70 valence electrons. The van der Waals surface area contributed by atoms with E-state index in [0.717, 1.165) is 11.1 Å².